The number of halogens is 2. The van der Waals surface area contributed by atoms with Crippen LogP contribution in [0.5, 0.6) is 5.75 Å². The second-order valence-corrected chi connectivity index (χ2v) is 5.10. The van der Waals surface area contributed by atoms with E-state index in [-0.39, 0.29) is 6.04 Å². The Morgan fingerprint density at radius 2 is 2.05 bits per heavy atom. The van der Waals surface area contributed by atoms with Crippen LogP contribution in [0.25, 0.3) is 0 Å². The maximum absolute atomic E-state index is 6.28. The molecule has 2 rings (SSSR count). The molecule has 0 fully saturated rings. The molecule has 106 valence electrons. The summed E-state index contributed by atoms with van der Waals surface area (Å²) in [7, 11) is 1.65. The van der Waals surface area contributed by atoms with Crippen molar-refractivity contribution < 1.29 is 4.74 Å². The van der Waals surface area contributed by atoms with Gasteiger partial charge in [-0.25, -0.2) is 0 Å². The first-order valence-electron chi connectivity index (χ1n) is 6.34. The van der Waals surface area contributed by atoms with Crippen LogP contribution < -0.4 is 10.1 Å². The Labute approximate surface area is 128 Å². The van der Waals surface area contributed by atoms with E-state index in [4.69, 9.17) is 27.9 Å². The molecule has 0 saturated heterocycles. The summed E-state index contributed by atoms with van der Waals surface area (Å²) >= 11 is 12.2. The molecule has 1 aromatic heterocycles. The monoisotopic (exact) mass is 310 g/mol. The van der Waals surface area contributed by atoms with Gasteiger partial charge in [-0.1, -0.05) is 48.3 Å². The average molecular weight is 311 g/mol. The first-order valence-corrected chi connectivity index (χ1v) is 7.10. The van der Waals surface area contributed by atoms with Gasteiger partial charge in [0.05, 0.1) is 28.9 Å². The second kappa shape index (κ2) is 6.93. The van der Waals surface area contributed by atoms with Gasteiger partial charge in [0.25, 0.3) is 0 Å². The lowest BCUT2D eigenvalue weighted by atomic mass is 10.0. The van der Waals surface area contributed by atoms with Crippen LogP contribution in [-0.2, 0) is 0 Å². The molecule has 0 saturated carbocycles. The molecular formula is C15H16Cl2N2O. The Morgan fingerprint density at radius 1 is 1.30 bits per heavy atom. The molecule has 0 amide bonds. The fourth-order valence-electron chi connectivity index (χ4n) is 2.10. The average Bonchev–Trinajstić information content (AvgIpc) is 2.45. The van der Waals surface area contributed by atoms with Gasteiger partial charge in [0.2, 0.25) is 0 Å². The number of pyridine rings is 1. The number of nitrogens with one attached hydrogen (secondary N) is 1. The number of nitrogens with zero attached hydrogens (tertiary/aromatic N) is 1. The van der Waals surface area contributed by atoms with Crippen LogP contribution >= 0.6 is 23.2 Å². The number of methoxy groups -OCH3 is 1. The Kier molecular flexibility index (Phi) is 5.24. The zero-order chi connectivity index (χ0) is 14.5. The van der Waals surface area contributed by atoms with Crippen LogP contribution in [0.2, 0.25) is 10.0 Å². The molecule has 5 heteroatoms. The van der Waals surface area contributed by atoms with E-state index in [1.807, 2.05) is 31.2 Å². The van der Waals surface area contributed by atoms with Crippen molar-refractivity contribution in [1.29, 1.82) is 0 Å². The van der Waals surface area contributed by atoms with Crippen LogP contribution in [0.3, 0.4) is 0 Å². The standard InChI is InChI=1S/C15H16Cl2N2O/c1-3-18-14(11-6-4-5-7-13(11)20-2)15-12(17)8-10(16)9-19-15/h4-9,14,18H,3H2,1-2H3. The van der Waals surface area contributed by atoms with Crippen molar-refractivity contribution in [3.05, 3.63) is 57.8 Å². The van der Waals surface area contributed by atoms with Crippen molar-refractivity contribution in [2.24, 2.45) is 0 Å². The third-order valence-corrected chi connectivity index (χ3v) is 3.48. The van der Waals surface area contributed by atoms with E-state index in [0.717, 1.165) is 23.6 Å². The zero-order valence-corrected chi connectivity index (χ0v) is 12.9. The number of aromatic nitrogens is 1. The lowest BCUT2D eigenvalue weighted by molar-refractivity contribution is 0.404. The van der Waals surface area contributed by atoms with Crippen LogP contribution in [-0.4, -0.2) is 18.6 Å². The largest absolute Gasteiger partial charge is 0.496 e. The summed E-state index contributed by atoms with van der Waals surface area (Å²) < 4.78 is 5.42. The fraction of sp³-hybridized carbons (Fsp3) is 0.267. The molecule has 3 nitrogen and oxygen atoms in total. The summed E-state index contributed by atoms with van der Waals surface area (Å²) in [5.74, 6) is 0.797. The minimum Gasteiger partial charge on any atom is -0.496 e. The van der Waals surface area contributed by atoms with Crippen molar-refractivity contribution in [3.8, 4) is 5.75 Å². The van der Waals surface area contributed by atoms with Gasteiger partial charge in [-0.15, -0.1) is 0 Å². The fourth-order valence-corrected chi connectivity index (χ4v) is 2.59. The highest BCUT2D eigenvalue weighted by atomic mass is 35.5. The van der Waals surface area contributed by atoms with E-state index in [2.05, 4.69) is 10.3 Å². The Bertz CT molecular complexity index is 590. The lowest BCUT2D eigenvalue weighted by Gasteiger charge is -2.21. The molecule has 1 N–H and O–H groups in total. The highest BCUT2D eigenvalue weighted by molar-refractivity contribution is 6.34. The summed E-state index contributed by atoms with van der Waals surface area (Å²) in [5, 5.41) is 4.44. The minimum atomic E-state index is -0.138. The smallest absolute Gasteiger partial charge is 0.124 e. The van der Waals surface area contributed by atoms with Crippen molar-refractivity contribution in [2.75, 3.05) is 13.7 Å². The van der Waals surface area contributed by atoms with E-state index in [1.165, 1.54) is 0 Å². The lowest BCUT2D eigenvalue weighted by Crippen LogP contribution is -2.23. The molecule has 1 atom stereocenters. The van der Waals surface area contributed by atoms with Gasteiger partial charge in [0, 0.05) is 11.8 Å². The van der Waals surface area contributed by atoms with Gasteiger partial charge in [-0.3, -0.25) is 4.98 Å². The van der Waals surface area contributed by atoms with Gasteiger partial charge >= 0.3 is 0 Å². The van der Waals surface area contributed by atoms with Crippen molar-refractivity contribution in [1.82, 2.24) is 10.3 Å². The maximum atomic E-state index is 6.28. The predicted molar refractivity (Wildman–Crippen MR) is 82.8 cm³/mol. The molecule has 20 heavy (non-hydrogen) atoms. The number of hydrogen-bond acceptors (Lipinski definition) is 3. The molecule has 0 bridgehead atoms. The Hall–Kier alpha value is -1.29. The second-order valence-electron chi connectivity index (χ2n) is 4.25. The quantitative estimate of drug-likeness (QED) is 0.903. The highest BCUT2D eigenvalue weighted by Gasteiger charge is 2.21. The van der Waals surface area contributed by atoms with Crippen molar-refractivity contribution in [2.45, 2.75) is 13.0 Å². The minimum absolute atomic E-state index is 0.138. The summed E-state index contributed by atoms with van der Waals surface area (Å²) in [6, 6.07) is 9.38. The SMILES string of the molecule is CCNC(c1ccccc1OC)c1ncc(Cl)cc1Cl. The molecule has 0 aliphatic carbocycles. The molecule has 2 aromatic rings. The number of benzene rings is 1. The molecule has 1 aromatic carbocycles. The van der Waals surface area contributed by atoms with Gasteiger partial charge in [-0.05, 0) is 18.7 Å². The van der Waals surface area contributed by atoms with E-state index < -0.39 is 0 Å². The number of para-hydroxylation sites is 1. The van der Waals surface area contributed by atoms with E-state index in [9.17, 15) is 0 Å². The van der Waals surface area contributed by atoms with Gasteiger partial charge in [0.15, 0.2) is 0 Å². The molecule has 1 heterocycles. The summed E-state index contributed by atoms with van der Waals surface area (Å²) in [5.41, 5.74) is 1.73. The Balaban J connectivity index is 2.50. The topological polar surface area (TPSA) is 34.1 Å². The van der Waals surface area contributed by atoms with Crippen LogP contribution in [0.15, 0.2) is 36.5 Å². The van der Waals surface area contributed by atoms with E-state index in [0.29, 0.717) is 10.0 Å². The molecule has 0 aliphatic heterocycles. The molecule has 0 radical (unpaired) electrons. The van der Waals surface area contributed by atoms with Crippen molar-refractivity contribution >= 4 is 23.2 Å². The predicted octanol–water partition coefficient (Wildman–Crippen LogP) is 4.10. The molecule has 0 aliphatic rings. The van der Waals surface area contributed by atoms with Gasteiger partial charge in [0.1, 0.15) is 5.75 Å². The molecule has 0 spiro atoms. The number of ether oxygens (including phenoxy) is 1. The summed E-state index contributed by atoms with van der Waals surface area (Å²) in [6.45, 7) is 2.82. The first-order chi connectivity index (χ1) is 9.67. The molecule has 1 unspecified atom stereocenters. The van der Waals surface area contributed by atoms with Crippen molar-refractivity contribution in [3.63, 3.8) is 0 Å². The normalized spacial score (nSPS) is 12.2. The third kappa shape index (κ3) is 3.23. The zero-order valence-electron chi connectivity index (χ0n) is 11.4. The Morgan fingerprint density at radius 3 is 2.70 bits per heavy atom. The van der Waals surface area contributed by atoms with Crippen LogP contribution in [0, 0.1) is 0 Å². The number of rotatable bonds is 5. The summed E-state index contributed by atoms with van der Waals surface area (Å²) in [4.78, 5) is 4.37. The molecular weight excluding hydrogens is 295 g/mol. The first kappa shape index (κ1) is 15.1. The summed E-state index contributed by atoms with van der Waals surface area (Å²) in [6.07, 6.45) is 1.60. The van der Waals surface area contributed by atoms with E-state index in [1.54, 1.807) is 19.4 Å². The van der Waals surface area contributed by atoms with Gasteiger partial charge in [-0.2, -0.15) is 0 Å². The van der Waals surface area contributed by atoms with E-state index >= 15 is 0 Å². The number of hydrogen-bond donors (Lipinski definition) is 1. The van der Waals surface area contributed by atoms with Crippen LogP contribution in [0.1, 0.15) is 24.2 Å². The van der Waals surface area contributed by atoms with Gasteiger partial charge < -0.3 is 10.1 Å². The highest BCUT2D eigenvalue weighted by Crippen LogP contribution is 2.33. The maximum Gasteiger partial charge on any atom is 0.124 e. The third-order valence-electron chi connectivity index (χ3n) is 2.97. The van der Waals surface area contributed by atoms with Crippen LogP contribution in [0.4, 0.5) is 0 Å².